The summed E-state index contributed by atoms with van der Waals surface area (Å²) in [6.07, 6.45) is -5.53. The maximum absolute atomic E-state index is 12.6. The molecule has 0 aromatic heterocycles. The minimum Gasteiger partial charge on any atom is -0.506 e. The van der Waals surface area contributed by atoms with Crippen LogP contribution in [0.4, 0.5) is 23.7 Å². The summed E-state index contributed by atoms with van der Waals surface area (Å²) in [5.41, 5.74) is -0.623. The highest BCUT2D eigenvalue weighted by Crippen LogP contribution is 2.34. The van der Waals surface area contributed by atoms with E-state index < -0.39 is 23.6 Å². The zero-order valence-electron chi connectivity index (χ0n) is 11.2. The highest BCUT2D eigenvalue weighted by Gasteiger charge is 2.31. The van der Waals surface area contributed by atoms with Crippen molar-refractivity contribution in [2.75, 3.05) is 5.32 Å². The van der Waals surface area contributed by atoms with Crippen LogP contribution in [0.25, 0.3) is 0 Å². The van der Waals surface area contributed by atoms with Crippen LogP contribution in [0.1, 0.15) is 11.1 Å². The number of ether oxygens (including phenoxy) is 1. The third-order valence-electron chi connectivity index (χ3n) is 2.77. The van der Waals surface area contributed by atoms with Crippen molar-refractivity contribution in [2.45, 2.75) is 12.8 Å². The predicted molar refractivity (Wildman–Crippen MR) is 73.4 cm³/mol. The second-order valence-corrected chi connectivity index (χ2v) is 4.42. The lowest BCUT2D eigenvalue weighted by Gasteiger charge is -2.12. The van der Waals surface area contributed by atoms with Crippen LogP contribution in [-0.4, -0.2) is 11.2 Å². The van der Waals surface area contributed by atoms with Crippen molar-refractivity contribution in [3.63, 3.8) is 0 Å². The molecule has 0 heterocycles. The lowest BCUT2D eigenvalue weighted by Crippen LogP contribution is -2.14. The standard InChI is InChI=1S/C15H12F3NO3/c16-15(17,18)11-6-7-13(20)12(8-11)19-14(21)22-9-10-4-2-1-3-5-10/h1-8,20H,9H2,(H,19,21). The average molecular weight is 311 g/mol. The number of aromatic hydroxyl groups is 1. The van der Waals surface area contributed by atoms with Gasteiger partial charge in [0.2, 0.25) is 0 Å². The number of halogens is 3. The van der Waals surface area contributed by atoms with Crippen molar-refractivity contribution in [1.82, 2.24) is 0 Å². The number of benzene rings is 2. The molecule has 0 radical (unpaired) electrons. The minimum absolute atomic E-state index is 0.0353. The molecular weight excluding hydrogens is 299 g/mol. The molecule has 0 aliphatic carbocycles. The molecule has 2 aromatic rings. The van der Waals surface area contributed by atoms with E-state index >= 15 is 0 Å². The molecule has 0 aliphatic heterocycles. The predicted octanol–water partition coefficient (Wildman–Crippen LogP) is 4.16. The molecule has 0 fully saturated rings. The largest absolute Gasteiger partial charge is 0.506 e. The normalized spacial score (nSPS) is 11.0. The van der Waals surface area contributed by atoms with Gasteiger partial charge in [0.15, 0.2) is 0 Å². The Balaban J connectivity index is 2.02. The smallest absolute Gasteiger partial charge is 0.416 e. The summed E-state index contributed by atoms with van der Waals surface area (Å²) in [4.78, 5) is 11.6. The molecule has 0 atom stereocenters. The fourth-order valence-corrected chi connectivity index (χ4v) is 1.68. The van der Waals surface area contributed by atoms with Crippen LogP contribution < -0.4 is 5.32 Å². The van der Waals surface area contributed by atoms with Crippen molar-refractivity contribution in [3.8, 4) is 5.75 Å². The fraction of sp³-hybridized carbons (Fsp3) is 0.133. The number of alkyl halides is 3. The second-order valence-electron chi connectivity index (χ2n) is 4.42. The minimum atomic E-state index is -4.57. The van der Waals surface area contributed by atoms with Crippen LogP contribution in [-0.2, 0) is 17.5 Å². The van der Waals surface area contributed by atoms with E-state index in [1.807, 2.05) is 0 Å². The first-order valence-electron chi connectivity index (χ1n) is 6.24. The van der Waals surface area contributed by atoms with Crippen molar-refractivity contribution in [2.24, 2.45) is 0 Å². The molecule has 0 aliphatic rings. The third kappa shape index (κ3) is 4.15. The van der Waals surface area contributed by atoms with E-state index in [-0.39, 0.29) is 12.3 Å². The van der Waals surface area contributed by atoms with Crippen LogP contribution in [0.2, 0.25) is 0 Å². The number of hydrogen-bond acceptors (Lipinski definition) is 3. The zero-order chi connectivity index (χ0) is 16.2. The first kappa shape index (κ1) is 15.7. The van der Waals surface area contributed by atoms with Crippen molar-refractivity contribution < 1.29 is 27.8 Å². The maximum atomic E-state index is 12.6. The Morgan fingerprint density at radius 2 is 1.82 bits per heavy atom. The quantitative estimate of drug-likeness (QED) is 0.837. The molecule has 0 saturated heterocycles. The fourth-order valence-electron chi connectivity index (χ4n) is 1.68. The molecule has 0 unspecified atom stereocenters. The van der Waals surface area contributed by atoms with Gasteiger partial charge >= 0.3 is 12.3 Å². The van der Waals surface area contributed by atoms with Crippen LogP contribution in [0.15, 0.2) is 48.5 Å². The summed E-state index contributed by atoms with van der Waals surface area (Å²) in [7, 11) is 0. The number of phenolic OH excluding ortho intramolecular Hbond substituents is 1. The monoisotopic (exact) mass is 311 g/mol. The van der Waals surface area contributed by atoms with E-state index in [0.29, 0.717) is 6.07 Å². The second kappa shape index (κ2) is 6.38. The van der Waals surface area contributed by atoms with Gasteiger partial charge in [-0.15, -0.1) is 0 Å². The first-order valence-corrected chi connectivity index (χ1v) is 6.24. The van der Waals surface area contributed by atoms with Gasteiger partial charge in [-0.2, -0.15) is 13.2 Å². The molecule has 0 bridgehead atoms. The Bertz CT molecular complexity index is 657. The molecule has 0 saturated carbocycles. The van der Waals surface area contributed by atoms with E-state index in [1.165, 1.54) is 0 Å². The van der Waals surface area contributed by atoms with Crippen molar-refractivity contribution >= 4 is 11.8 Å². The van der Waals surface area contributed by atoms with Gasteiger partial charge in [0.05, 0.1) is 11.3 Å². The Labute approximate surface area is 124 Å². The lowest BCUT2D eigenvalue weighted by molar-refractivity contribution is -0.137. The van der Waals surface area contributed by atoms with Crippen LogP contribution in [0.3, 0.4) is 0 Å². The average Bonchev–Trinajstić information content (AvgIpc) is 2.47. The first-order chi connectivity index (χ1) is 10.4. The van der Waals surface area contributed by atoms with Gasteiger partial charge in [-0.3, -0.25) is 5.32 Å². The molecule has 2 rings (SSSR count). The van der Waals surface area contributed by atoms with Gasteiger partial charge in [-0.1, -0.05) is 30.3 Å². The number of amides is 1. The molecular formula is C15H12F3NO3. The molecule has 0 spiro atoms. The van der Waals surface area contributed by atoms with E-state index in [4.69, 9.17) is 4.74 Å². The molecule has 2 aromatic carbocycles. The number of anilines is 1. The highest BCUT2D eigenvalue weighted by atomic mass is 19.4. The number of carbonyl (C=O) groups excluding carboxylic acids is 1. The molecule has 7 heteroatoms. The SMILES string of the molecule is O=C(Nc1cc(C(F)(F)F)ccc1O)OCc1ccccc1. The summed E-state index contributed by atoms with van der Waals surface area (Å²) >= 11 is 0. The maximum Gasteiger partial charge on any atom is 0.416 e. The molecule has 1 amide bonds. The van der Waals surface area contributed by atoms with Gasteiger partial charge in [0, 0.05) is 0 Å². The molecule has 4 nitrogen and oxygen atoms in total. The number of hydrogen-bond donors (Lipinski definition) is 2. The van der Waals surface area contributed by atoms with E-state index in [0.717, 1.165) is 17.7 Å². The van der Waals surface area contributed by atoms with Crippen LogP contribution in [0, 0.1) is 0 Å². The van der Waals surface area contributed by atoms with E-state index in [1.54, 1.807) is 30.3 Å². The van der Waals surface area contributed by atoms with Gasteiger partial charge in [-0.25, -0.2) is 4.79 Å². The summed E-state index contributed by atoms with van der Waals surface area (Å²) in [5.74, 6) is -0.482. The Morgan fingerprint density at radius 3 is 2.45 bits per heavy atom. The Kier molecular flexibility index (Phi) is 4.55. The third-order valence-corrected chi connectivity index (χ3v) is 2.77. The Hall–Kier alpha value is -2.70. The van der Waals surface area contributed by atoms with Crippen LogP contribution >= 0.6 is 0 Å². The van der Waals surface area contributed by atoms with E-state index in [9.17, 15) is 23.1 Å². The van der Waals surface area contributed by atoms with Gasteiger partial charge in [0.25, 0.3) is 0 Å². The zero-order valence-corrected chi connectivity index (χ0v) is 11.2. The number of phenols is 1. The molecule has 2 N–H and O–H groups in total. The molecule has 116 valence electrons. The number of rotatable bonds is 3. The number of carbonyl (C=O) groups is 1. The number of nitrogens with one attached hydrogen (secondary N) is 1. The summed E-state index contributed by atoms with van der Waals surface area (Å²) in [6, 6.07) is 11.0. The van der Waals surface area contributed by atoms with Crippen LogP contribution in [0.5, 0.6) is 5.75 Å². The van der Waals surface area contributed by atoms with Crippen molar-refractivity contribution in [3.05, 3.63) is 59.7 Å². The van der Waals surface area contributed by atoms with Crippen molar-refractivity contribution in [1.29, 1.82) is 0 Å². The van der Waals surface area contributed by atoms with Gasteiger partial charge in [-0.05, 0) is 23.8 Å². The van der Waals surface area contributed by atoms with E-state index in [2.05, 4.69) is 5.32 Å². The summed E-state index contributed by atoms with van der Waals surface area (Å²) < 4.78 is 42.6. The summed E-state index contributed by atoms with van der Waals surface area (Å²) in [6.45, 7) is -0.0353. The topological polar surface area (TPSA) is 58.6 Å². The highest BCUT2D eigenvalue weighted by molar-refractivity contribution is 5.86. The summed E-state index contributed by atoms with van der Waals surface area (Å²) in [5, 5.41) is 11.6. The Morgan fingerprint density at radius 1 is 1.14 bits per heavy atom. The van der Waals surface area contributed by atoms with Gasteiger partial charge < -0.3 is 9.84 Å². The molecule has 22 heavy (non-hydrogen) atoms. The lowest BCUT2D eigenvalue weighted by atomic mass is 10.2. The van der Waals surface area contributed by atoms with Gasteiger partial charge in [0.1, 0.15) is 12.4 Å².